The Labute approximate surface area is 118 Å². The van der Waals surface area contributed by atoms with Gasteiger partial charge in [0.15, 0.2) is 0 Å². The Morgan fingerprint density at radius 3 is 2.35 bits per heavy atom. The summed E-state index contributed by atoms with van der Waals surface area (Å²) in [7, 11) is 1.53. The van der Waals surface area contributed by atoms with Gasteiger partial charge in [-0.2, -0.15) is 0 Å². The average Bonchev–Trinajstić information content (AvgIpc) is 2.86. The third-order valence-electron chi connectivity index (χ3n) is 3.59. The fourth-order valence-electron chi connectivity index (χ4n) is 2.42. The first-order chi connectivity index (χ1) is 9.50. The number of hydrogen-bond donors (Lipinski definition) is 3. The molecule has 0 aromatic carbocycles. The van der Waals surface area contributed by atoms with E-state index in [0.29, 0.717) is 26.0 Å². The molecule has 1 aliphatic rings. The van der Waals surface area contributed by atoms with Gasteiger partial charge in [-0.1, -0.05) is 12.8 Å². The van der Waals surface area contributed by atoms with Crippen LogP contribution in [0.3, 0.4) is 0 Å². The topological polar surface area (TPSA) is 105 Å². The van der Waals surface area contributed by atoms with Crippen molar-refractivity contribution in [3.63, 3.8) is 0 Å². The summed E-state index contributed by atoms with van der Waals surface area (Å²) in [5.74, 6) is -1.63. The predicted molar refractivity (Wildman–Crippen MR) is 71.0 cm³/mol. The number of nitrogens with one attached hydrogen (secondary N) is 2. The number of hydrogen-bond acceptors (Lipinski definition) is 4. The van der Waals surface area contributed by atoms with Crippen LogP contribution in [0.25, 0.3) is 0 Å². The molecule has 0 aliphatic heterocycles. The lowest BCUT2D eigenvalue weighted by molar-refractivity contribution is -0.151. The summed E-state index contributed by atoms with van der Waals surface area (Å²) in [5.41, 5.74) is -0.948. The van der Waals surface area contributed by atoms with E-state index in [9.17, 15) is 19.5 Å². The molecular weight excluding hydrogens is 264 g/mol. The van der Waals surface area contributed by atoms with Crippen LogP contribution in [0.1, 0.15) is 32.1 Å². The molecule has 0 radical (unpaired) electrons. The summed E-state index contributed by atoms with van der Waals surface area (Å²) in [4.78, 5) is 34.4. The van der Waals surface area contributed by atoms with Crippen molar-refractivity contribution in [3.05, 3.63) is 0 Å². The van der Waals surface area contributed by atoms with E-state index in [1.54, 1.807) is 0 Å². The summed E-state index contributed by atoms with van der Waals surface area (Å²) < 4.78 is 4.78. The maximum Gasteiger partial charge on any atom is 0.310 e. The highest BCUT2D eigenvalue weighted by molar-refractivity contribution is 5.88. The van der Waals surface area contributed by atoms with E-state index in [-0.39, 0.29) is 18.9 Å². The highest BCUT2D eigenvalue weighted by atomic mass is 16.5. The van der Waals surface area contributed by atoms with Crippen molar-refractivity contribution in [2.24, 2.45) is 5.41 Å². The number of carboxylic acids is 1. The quantitative estimate of drug-likeness (QED) is 0.540. The van der Waals surface area contributed by atoms with Crippen molar-refractivity contribution in [3.8, 4) is 0 Å². The summed E-state index contributed by atoms with van der Waals surface area (Å²) >= 11 is 0. The molecular formula is C13H22N2O5. The Balaban J connectivity index is 2.32. The van der Waals surface area contributed by atoms with E-state index in [2.05, 4.69) is 10.6 Å². The van der Waals surface area contributed by atoms with Gasteiger partial charge in [0.1, 0.15) is 0 Å². The van der Waals surface area contributed by atoms with E-state index < -0.39 is 17.3 Å². The van der Waals surface area contributed by atoms with Gasteiger partial charge in [-0.3, -0.25) is 14.4 Å². The van der Waals surface area contributed by atoms with Gasteiger partial charge >= 0.3 is 5.97 Å². The van der Waals surface area contributed by atoms with Crippen LogP contribution in [-0.2, 0) is 19.1 Å². The Hall–Kier alpha value is -1.63. The zero-order valence-electron chi connectivity index (χ0n) is 11.7. The molecule has 1 aliphatic carbocycles. The summed E-state index contributed by atoms with van der Waals surface area (Å²) in [6.07, 6.45) is 2.65. The molecule has 0 heterocycles. The molecule has 0 unspecified atom stereocenters. The number of ether oxygens (including phenoxy) is 1. The second kappa shape index (κ2) is 7.84. The maximum atomic E-state index is 11.8. The molecule has 114 valence electrons. The number of aliphatic carboxylic acids is 1. The number of rotatable bonds is 8. The minimum absolute atomic E-state index is 0.0618. The van der Waals surface area contributed by atoms with Gasteiger partial charge in [-0.15, -0.1) is 0 Å². The molecule has 1 rings (SSSR count). The molecule has 0 atom stereocenters. The number of carboxylic acid groups (broad SMARTS) is 1. The first-order valence-corrected chi connectivity index (χ1v) is 6.76. The molecule has 0 saturated heterocycles. The minimum atomic E-state index is -0.948. The van der Waals surface area contributed by atoms with E-state index in [1.807, 2.05) is 0 Å². The molecule has 1 saturated carbocycles. The van der Waals surface area contributed by atoms with Crippen LogP contribution in [-0.4, -0.2) is 49.7 Å². The van der Waals surface area contributed by atoms with Gasteiger partial charge in [-0.25, -0.2) is 0 Å². The van der Waals surface area contributed by atoms with Gasteiger partial charge < -0.3 is 20.5 Å². The molecule has 0 aromatic heterocycles. The zero-order chi connectivity index (χ0) is 15.0. The lowest BCUT2D eigenvalue weighted by atomic mass is 9.82. The Bertz CT molecular complexity index is 364. The van der Waals surface area contributed by atoms with E-state index in [4.69, 9.17) is 4.74 Å². The number of carbonyl (C=O) groups is 3. The number of amides is 2. The van der Waals surface area contributed by atoms with Crippen molar-refractivity contribution >= 4 is 17.8 Å². The van der Waals surface area contributed by atoms with Crippen molar-refractivity contribution in [1.82, 2.24) is 10.6 Å². The van der Waals surface area contributed by atoms with Gasteiger partial charge in [0.2, 0.25) is 11.8 Å². The third kappa shape index (κ3) is 4.80. The lowest BCUT2D eigenvalue weighted by Gasteiger charge is -2.22. The SMILES string of the molecule is COCCNC(=O)CNC(=O)CC1(C(=O)O)CCCC1. The van der Waals surface area contributed by atoms with Gasteiger partial charge in [0.05, 0.1) is 18.6 Å². The average molecular weight is 286 g/mol. The molecule has 0 aromatic rings. The summed E-state index contributed by atoms with van der Waals surface area (Å²) in [5, 5.41) is 14.3. The maximum absolute atomic E-state index is 11.8. The second-order valence-electron chi connectivity index (χ2n) is 5.09. The number of methoxy groups -OCH3 is 1. The highest BCUT2D eigenvalue weighted by Gasteiger charge is 2.42. The van der Waals surface area contributed by atoms with E-state index in [0.717, 1.165) is 12.8 Å². The van der Waals surface area contributed by atoms with Crippen LogP contribution in [0.2, 0.25) is 0 Å². The molecule has 2 amide bonds. The number of carbonyl (C=O) groups excluding carboxylic acids is 2. The molecule has 20 heavy (non-hydrogen) atoms. The first kappa shape index (κ1) is 16.4. The Kier molecular flexibility index (Phi) is 6.44. The molecule has 7 heteroatoms. The zero-order valence-corrected chi connectivity index (χ0v) is 11.7. The minimum Gasteiger partial charge on any atom is -0.481 e. The first-order valence-electron chi connectivity index (χ1n) is 6.76. The molecule has 3 N–H and O–H groups in total. The molecule has 1 fully saturated rings. The third-order valence-corrected chi connectivity index (χ3v) is 3.59. The van der Waals surface area contributed by atoms with Crippen molar-refractivity contribution in [2.75, 3.05) is 26.8 Å². The van der Waals surface area contributed by atoms with E-state index >= 15 is 0 Å². The van der Waals surface area contributed by atoms with Crippen LogP contribution >= 0.6 is 0 Å². The largest absolute Gasteiger partial charge is 0.481 e. The fourth-order valence-corrected chi connectivity index (χ4v) is 2.42. The highest BCUT2D eigenvalue weighted by Crippen LogP contribution is 2.41. The predicted octanol–water partition coefficient (Wildman–Crippen LogP) is -0.0997. The molecule has 0 spiro atoms. The van der Waals surface area contributed by atoms with Crippen molar-refractivity contribution in [1.29, 1.82) is 0 Å². The Morgan fingerprint density at radius 2 is 1.80 bits per heavy atom. The van der Waals surface area contributed by atoms with Crippen LogP contribution < -0.4 is 10.6 Å². The normalized spacial score (nSPS) is 16.6. The van der Waals surface area contributed by atoms with Crippen LogP contribution in [0.5, 0.6) is 0 Å². The van der Waals surface area contributed by atoms with Gasteiger partial charge in [0.25, 0.3) is 0 Å². The summed E-state index contributed by atoms with van der Waals surface area (Å²) in [6.45, 7) is 0.643. The molecule has 0 bridgehead atoms. The van der Waals surface area contributed by atoms with Crippen molar-refractivity contribution in [2.45, 2.75) is 32.1 Å². The van der Waals surface area contributed by atoms with Crippen LogP contribution in [0, 0.1) is 5.41 Å². The van der Waals surface area contributed by atoms with Crippen LogP contribution in [0.4, 0.5) is 0 Å². The lowest BCUT2D eigenvalue weighted by Crippen LogP contribution is -2.41. The summed E-state index contributed by atoms with van der Waals surface area (Å²) in [6, 6.07) is 0. The monoisotopic (exact) mass is 286 g/mol. The van der Waals surface area contributed by atoms with Crippen molar-refractivity contribution < 1.29 is 24.2 Å². The smallest absolute Gasteiger partial charge is 0.310 e. The standard InChI is InChI=1S/C13H22N2O5/c1-20-7-6-14-11(17)9-15-10(16)8-13(12(18)19)4-2-3-5-13/h2-9H2,1H3,(H,14,17)(H,15,16)(H,18,19). The Morgan fingerprint density at radius 1 is 1.15 bits per heavy atom. The molecule has 7 nitrogen and oxygen atoms in total. The van der Waals surface area contributed by atoms with E-state index in [1.165, 1.54) is 7.11 Å². The van der Waals surface area contributed by atoms with Gasteiger partial charge in [0, 0.05) is 20.1 Å². The van der Waals surface area contributed by atoms with Crippen LogP contribution in [0.15, 0.2) is 0 Å². The second-order valence-corrected chi connectivity index (χ2v) is 5.09. The fraction of sp³-hybridized carbons (Fsp3) is 0.769. The van der Waals surface area contributed by atoms with Gasteiger partial charge in [-0.05, 0) is 12.8 Å².